The van der Waals surface area contributed by atoms with Crippen molar-refractivity contribution in [3.05, 3.63) is 0 Å². The SMILES string of the molecule is CON1C(=O)CCC(=O)[C@]1(C)C=O. The molecule has 0 N–H and O–H groups in total. The van der Waals surface area contributed by atoms with E-state index in [1.165, 1.54) is 14.0 Å². The average molecular weight is 185 g/mol. The molecule has 0 aromatic rings. The third-order valence-corrected chi connectivity index (χ3v) is 2.19. The Morgan fingerprint density at radius 3 is 2.46 bits per heavy atom. The van der Waals surface area contributed by atoms with Crippen LogP contribution in [0, 0.1) is 0 Å². The number of hydrogen-bond donors (Lipinski definition) is 0. The number of amides is 1. The van der Waals surface area contributed by atoms with Crippen LogP contribution in [0.15, 0.2) is 0 Å². The van der Waals surface area contributed by atoms with Crippen molar-refractivity contribution in [2.24, 2.45) is 0 Å². The molecule has 0 aromatic carbocycles. The van der Waals surface area contributed by atoms with Crippen molar-refractivity contribution in [3.63, 3.8) is 0 Å². The van der Waals surface area contributed by atoms with E-state index in [0.29, 0.717) is 6.29 Å². The normalized spacial score (nSPS) is 29.2. The van der Waals surface area contributed by atoms with Crippen LogP contribution < -0.4 is 0 Å². The lowest BCUT2D eigenvalue weighted by Gasteiger charge is -2.36. The van der Waals surface area contributed by atoms with Crippen LogP contribution in [0.4, 0.5) is 0 Å². The first-order valence-electron chi connectivity index (χ1n) is 3.93. The molecule has 1 saturated heterocycles. The van der Waals surface area contributed by atoms with Gasteiger partial charge in [0, 0.05) is 12.8 Å². The zero-order chi connectivity index (χ0) is 10.1. The van der Waals surface area contributed by atoms with Crippen molar-refractivity contribution in [1.29, 1.82) is 0 Å². The van der Waals surface area contributed by atoms with Gasteiger partial charge in [0.05, 0.1) is 7.11 Å². The van der Waals surface area contributed by atoms with E-state index in [0.717, 1.165) is 5.06 Å². The Bertz CT molecular complexity index is 263. The summed E-state index contributed by atoms with van der Waals surface area (Å²) in [5.41, 5.74) is -1.44. The molecule has 0 saturated carbocycles. The Kier molecular flexibility index (Phi) is 2.47. The van der Waals surface area contributed by atoms with Crippen molar-refractivity contribution in [2.75, 3.05) is 7.11 Å². The highest BCUT2D eigenvalue weighted by molar-refractivity contribution is 6.08. The van der Waals surface area contributed by atoms with Gasteiger partial charge in [0.2, 0.25) is 5.91 Å². The molecule has 72 valence electrons. The van der Waals surface area contributed by atoms with Gasteiger partial charge in [0.15, 0.2) is 17.6 Å². The van der Waals surface area contributed by atoms with E-state index in [9.17, 15) is 14.4 Å². The van der Waals surface area contributed by atoms with Crippen LogP contribution in [-0.2, 0) is 19.2 Å². The lowest BCUT2D eigenvalue weighted by Crippen LogP contribution is -2.58. The molecule has 1 aliphatic heterocycles. The standard InChI is InChI=1S/C8H11NO4/c1-8(5-10)6(11)3-4-7(12)9(8)13-2/h5H,3-4H2,1-2H3/t8-/m0/s1. The van der Waals surface area contributed by atoms with Gasteiger partial charge in [-0.15, -0.1) is 0 Å². The second-order valence-corrected chi connectivity index (χ2v) is 3.06. The molecule has 0 aromatic heterocycles. The van der Waals surface area contributed by atoms with Crippen LogP contribution in [0.1, 0.15) is 19.8 Å². The Hall–Kier alpha value is -1.23. The average Bonchev–Trinajstić information content (AvgIpc) is 2.13. The zero-order valence-electron chi connectivity index (χ0n) is 7.57. The highest BCUT2D eigenvalue weighted by Crippen LogP contribution is 2.23. The first-order valence-corrected chi connectivity index (χ1v) is 3.93. The molecule has 1 amide bonds. The quantitative estimate of drug-likeness (QED) is 0.437. The molecule has 1 rings (SSSR count). The molecule has 5 nitrogen and oxygen atoms in total. The number of rotatable bonds is 2. The van der Waals surface area contributed by atoms with E-state index in [-0.39, 0.29) is 24.5 Å². The van der Waals surface area contributed by atoms with E-state index >= 15 is 0 Å². The molecule has 1 heterocycles. The number of carbonyl (C=O) groups excluding carboxylic acids is 3. The molecular weight excluding hydrogens is 174 g/mol. The fraction of sp³-hybridized carbons (Fsp3) is 0.625. The summed E-state index contributed by atoms with van der Waals surface area (Å²) in [4.78, 5) is 38.0. The summed E-state index contributed by atoms with van der Waals surface area (Å²) in [6.07, 6.45) is 0.653. The summed E-state index contributed by atoms with van der Waals surface area (Å²) >= 11 is 0. The summed E-state index contributed by atoms with van der Waals surface area (Å²) in [6.45, 7) is 1.38. The molecule has 13 heavy (non-hydrogen) atoms. The second-order valence-electron chi connectivity index (χ2n) is 3.06. The summed E-state index contributed by atoms with van der Waals surface area (Å²) in [7, 11) is 1.26. The first-order chi connectivity index (χ1) is 6.06. The maximum atomic E-state index is 11.4. The van der Waals surface area contributed by atoms with Crippen LogP contribution in [0.3, 0.4) is 0 Å². The van der Waals surface area contributed by atoms with Gasteiger partial charge in [0.25, 0.3) is 0 Å². The largest absolute Gasteiger partial charge is 0.300 e. The number of piperidine rings is 1. The zero-order valence-corrected chi connectivity index (χ0v) is 7.57. The fourth-order valence-corrected chi connectivity index (χ4v) is 1.35. The monoisotopic (exact) mass is 185 g/mol. The topological polar surface area (TPSA) is 63.7 Å². The maximum absolute atomic E-state index is 11.4. The highest BCUT2D eigenvalue weighted by Gasteiger charge is 2.46. The van der Waals surface area contributed by atoms with Crippen LogP contribution in [0.2, 0.25) is 0 Å². The Morgan fingerprint density at radius 2 is 2.08 bits per heavy atom. The Balaban J connectivity index is 3.03. The van der Waals surface area contributed by atoms with Crippen LogP contribution in [0.5, 0.6) is 0 Å². The smallest absolute Gasteiger partial charge is 0.247 e. The predicted octanol–water partition coefficient (Wildman–Crippen LogP) is -0.303. The number of hydroxylamine groups is 2. The summed E-state index contributed by atoms with van der Waals surface area (Å²) in [5, 5.41) is 0.839. The van der Waals surface area contributed by atoms with Gasteiger partial charge in [-0.1, -0.05) is 0 Å². The van der Waals surface area contributed by atoms with Gasteiger partial charge < -0.3 is 4.79 Å². The number of ketones is 1. The Labute approximate surface area is 75.6 Å². The van der Waals surface area contributed by atoms with Crippen molar-refractivity contribution in [2.45, 2.75) is 25.3 Å². The second kappa shape index (κ2) is 3.26. The molecule has 5 heteroatoms. The van der Waals surface area contributed by atoms with Gasteiger partial charge in [-0.05, 0) is 6.92 Å². The fourth-order valence-electron chi connectivity index (χ4n) is 1.35. The molecule has 0 radical (unpaired) electrons. The minimum absolute atomic E-state index is 0.105. The van der Waals surface area contributed by atoms with Gasteiger partial charge in [-0.3, -0.25) is 14.4 Å². The molecule has 0 aliphatic carbocycles. The number of hydrogen-bond acceptors (Lipinski definition) is 4. The molecule has 0 spiro atoms. The third kappa shape index (κ3) is 1.35. The van der Waals surface area contributed by atoms with Gasteiger partial charge >= 0.3 is 0 Å². The van der Waals surface area contributed by atoms with Crippen molar-refractivity contribution in [3.8, 4) is 0 Å². The number of Topliss-reactive ketones (excluding diaryl/α,β-unsaturated/α-hetero) is 1. The third-order valence-electron chi connectivity index (χ3n) is 2.19. The van der Waals surface area contributed by atoms with E-state index in [1.54, 1.807) is 0 Å². The molecule has 1 fully saturated rings. The van der Waals surface area contributed by atoms with Crippen LogP contribution in [0.25, 0.3) is 0 Å². The number of nitrogens with zero attached hydrogens (tertiary/aromatic N) is 1. The van der Waals surface area contributed by atoms with Gasteiger partial charge in [-0.25, -0.2) is 5.06 Å². The molecular formula is C8H11NO4. The Morgan fingerprint density at radius 1 is 1.46 bits per heavy atom. The molecule has 0 bridgehead atoms. The van der Waals surface area contributed by atoms with Crippen molar-refractivity contribution in [1.82, 2.24) is 5.06 Å². The minimum atomic E-state index is -1.44. The number of carbonyl (C=O) groups is 3. The molecule has 0 unspecified atom stereocenters. The summed E-state index contributed by atoms with van der Waals surface area (Å²) in [5.74, 6) is -0.624. The van der Waals surface area contributed by atoms with E-state index in [1.807, 2.05) is 0 Å². The number of aldehydes is 1. The first kappa shape index (κ1) is 9.85. The van der Waals surface area contributed by atoms with E-state index < -0.39 is 5.54 Å². The minimum Gasteiger partial charge on any atom is -0.300 e. The maximum Gasteiger partial charge on any atom is 0.247 e. The van der Waals surface area contributed by atoms with Crippen molar-refractivity contribution < 1.29 is 19.2 Å². The lowest BCUT2D eigenvalue weighted by molar-refractivity contribution is -0.209. The predicted molar refractivity (Wildman–Crippen MR) is 42.6 cm³/mol. The molecule has 1 atom stereocenters. The van der Waals surface area contributed by atoms with Crippen LogP contribution in [-0.4, -0.2) is 35.7 Å². The van der Waals surface area contributed by atoms with E-state index in [2.05, 4.69) is 0 Å². The molecule has 1 aliphatic rings. The van der Waals surface area contributed by atoms with Gasteiger partial charge in [-0.2, -0.15) is 0 Å². The van der Waals surface area contributed by atoms with Crippen LogP contribution >= 0.6 is 0 Å². The van der Waals surface area contributed by atoms with E-state index in [4.69, 9.17) is 4.84 Å². The highest BCUT2D eigenvalue weighted by atomic mass is 16.7. The summed E-state index contributed by atoms with van der Waals surface area (Å²) in [6, 6.07) is 0. The van der Waals surface area contributed by atoms with Crippen molar-refractivity contribution >= 4 is 18.0 Å². The lowest BCUT2D eigenvalue weighted by atomic mass is 9.90. The summed E-state index contributed by atoms with van der Waals surface area (Å²) < 4.78 is 0. The van der Waals surface area contributed by atoms with Gasteiger partial charge in [0.1, 0.15) is 0 Å².